The number of nitro groups is 1. The maximum Gasteiger partial charge on any atom is 0.289 e. The van der Waals surface area contributed by atoms with Gasteiger partial charge in [-0.2, -0.15) is 0 Å². The summed E-state index contributed by atoms with van der Waals surface area (Å²) in [6.45, 7) is 1.15. The Morgan fingerprint density at radius 3 is 2.60 bits per heavy atom. The summed E-state index contributed by atoms with van der Waals surface area (Å²) in [5.74, 6) is 0.518. The van der Waals surface area contributed by atoms with Crippen molar-refractivity contribution in [2.24, 2.45) is 0 Å². The van der Waals surface area contributed by atoms with Crippen LogP contribution in [0.15, 0.2) is 64.4 Å². The Kier molecular flexibility index (Phi) is 6.60. The Bertz CT molecular complexity index is 1410. The van der Waals surface area contributed by atoms with Crippen LogP contribution in [0.25, 0.3) is 22.6 Å². The van der Waals surface area contributed by atoms with E-state index in [2.05, 4.69) is 0 Å². The topological polar surface area (TPSA) is 89.5 Å². The van der Waals surface area contributed by atoms with E-state index in [4.69, 9.17) is 32.6 Å². The number of rotatable bonds is 5. The molecular formula is C25H19Cl2N3O4S. The molecule has 2 aromatic carbocycles. The van der Waals surface area contributed by atoms with Gasteiger partial charge in [-0.15, -0.1) is 11.3 Å². The lowest BCUT2D eigenvalue weighted by molar-refractivity contribution is -0.384. The molecule has 0 atom stereocenters. The largest absolute Gasteiger partial charge is 0.451 e. The predicted molar refractivity (Wildman–Crippen MR) is 136 cm³/mol. The number of carbonyl (C=O) groups is 1. The molecule has 0 bridgehead atoms. The second kappa shape index (κ2) is 9.81. The Hall–Kier alpha value is -3.20. The van der Waals surface area contributed by atoms with Crippen molar-refractivity contribution in [2.75, 3.05) is 13.1 Å². The van der Waals surface area contributed by atoms with Crippen molar-refractivity contribution in [3.63, 3.8) is 0 Å². The lowest BCUT2D eigenvalue weighted by Gasteiger charge is -2.30. The van der Waals surface area contributed by atoms with Gasteiger partial charge in [0.2, 0.25) is 0 Å². The van der Waals surface area contributed by atoms with Crippen molar-refractivity contribution in [1.29, 1.82) is 0 Å². The molecule has 0 saturated carbocycles. The molecular weight excluding hydrogens is 509 g/mol. The molecule has 7 nitrogen and oxygen atoms in total. The van der Waals surface area contributed by atoms with Gasteiger partial charge >= 0.3 is 0 Å². The van der Waals surface area contributed by atoms with Crippen LogP contribution in [-0.2, 0) is 0 Å². The zero-order chi connectivity index (χ0) is 24.5. The number of carbonyl (C=O) groups excluding carboxylic acids is 1. The molecule has 0 spiro atoms. The second-order valence-electron chi connectivity index (χ2n) is 8.20. The predicted octanol–water partition coefficient (Wildman–Crippen LogP) is 7.30. The molecule has 35 heavy (non-hydrogen) atoms. The van der Waals surface area contributed by atoms with Gasteiger partial charge in [-0.1, -0.05) is 41.4 Å². The van der Waals surface area contributed by atoms with Crippen LogP contribution in [0.3, 0.4) is 0 Å². The van der Waals surface area contributed by atoms with Gasteiger partial charge in [0.25, 0.3) is 11.6 Å². The van der Waals surface area contributed by atoms with E-state index in [9.17, 15) is 14.9 Å². The highest BCUT2D eigenvalue weighted by molar-refractivity contribution is 7.10. The van der Waals surface area contributed by atoms with Crippen LogP contribution >= 0.6 is 34.5 Å². The number of nitro benzene ring substituents is 1. The van der Waals surface area contributed by atoms with Gasteiger partial charge in [-0.25, -0.2) is 4.98 Å². The molecule has 10 heteroatoms. The number of nitrogens with zero attached hydrogens (tertiary/aromatic N) is 3. The van der Waals surface area contributed by atoms with E-state index in [0.29, 0.717) is 34.5 Å². The number of benzene rings is 2. The number of aromatic nitrogens is 1. The first-order chi connectivity index (χ1) is 16.9. The molecule has 178 valence electrons. The quantitative estimate of drug-likeness (QED) is 0.200. The molecule has 3 heterocycles. The van der Waals surface area contributed by atoms with Crippen molar-refractivity contribution >= 4 is 46.1 Å². The van der Waals surface area contributed by atoms with Gasteiger partial charge in [0, 0.05) is 36.0 Å². The van der Waals surface area contributed by atoms with Crippen molar-refractivity contribution in [1.82, 2.24) is 9.88 Å². The fraction of sp³-hybridized carbons (Fsp3) is 0.200. The summed E-state index contributed by atoms with van der Waals surface area (Å²) in [6.07, 6.45) is 1.58. The number of para-hydroxylation sites is 1. The summed E-state index contributed by atoms with van der Waals surface area (Å²) >= 11 is 13.8. The van der Waals surface area contributed by atoms with E-state index in [1.165, 1.54) is 6.07 Å². The summed E-state index contributed by atoms with van der Waals surface area (Å²) < 4.78 is 5.73. The fourth-order valence-electron chi connectivity index (χ4n) is 4.19. The molecule has 1 aliphatic heterocycles. The van der Waals surface area contributed by atoms with Crippen LogP contribution in [0.1, 0.15) is 34.3 Å². The Morgan fingerprint density at radius 2 is 1.86 bits per heavy atom. The summed E-state index contributed by atoms with van der Waals surface area (Å²) in [5.41, 5.74) is 2.06. The van der Waals surface area contributed by atoms with Crippen LogP contribution < -0.4 is 0 Å². The molecule has 4 aromatic rings. The smallest absolute Gasteiger partial charge is 0.289 e. The van der Waals surface area contributed by atoms with Crippen LogP contribution in [0.2, 0.25) is 10.0 Å². The van der Waals surface area contributed by atoms with E-state index in [1.807, 2.05) is 17.5 Å². The maximum absolute atomic E-state index is 13.0. The third kappa shape index (κ3) is 4.82. The molecule has 5 rings (SSSR count). The molecule has 1 fully saturated rings. The minimum Gasteiger partial charge on any atom is -0.451 e. The third-order valence-corrected chi connectivity index (χ3v) is 7.80. The zero-order valence-electron chi connectivity index (χ0n) is 18.3. The minimum atomic E-state index is -0.463. The zero-order valence-corrected chi connectivity index (χ0v) is 20.6. The second-order valence-corrected chi connectivity index (χ2v) is 9.91. The number of amides is 1. The number of likely N-dealkylation sites (tertiary alicyclic amines) is 1. The number of thiazole rings is 1. The van der Waals surface area contributed by atoms with Gasteiger partial charge < -0.3 is 9.32 Å². The number of piperidine rings is 1. The minimum absolute atomic E-state index is 0.0645. The number of hydrogen-bond donors (Lipinski definition) is 0. The molecule has 0 aliphatic carbocycles. The van der Waals surface area contributed by atoms with E-state index in [-0.39, 0.29) is 23.3 Å². The molecule has 1 aliphatic rings. The summed E-state index contributed by atoms with van der Waals surface area (Å²) in [7, 11) is 0. The SMILES string of the molecule is O=C(c1ccc(-c2ccccc2[N+](=O)[O-])o1)N1CCC(c2nc(-c3ccc(Cl)c(Cl)c3)cs2)CC1. The first-order valence-electron chi connectivity index (χ1n) is 10.9. The normalized spacial score (nSPS) is 14.3. The van der Waals surface area contributed by atoms with Crippen molar-refractivity contribution in [3.8, 4) is 22.6 Å². The maximum atomic E-state index is 13.0. The molecule has 0 N–H and O–H groups in total. The Labute approximate surface area is 215 Å². The number of hydrogen-bond acceptors (Lipinski definition) is 6. The average Bonchev–Trinajstić information content (AvgIpc) is 3.56. The average molecular weight is 528 g/mol. The van der Waals surface area contributed by atoms with E-state index >= 15 is 0 Å². The highest BCUT2D eigenvalue weighted by Crippen LogP contribution is 2.36. The highest BCUT2D eigenvalue weighted by Gasteiger charge is 2.28. The van der Waals surface area contributed by atoms with Crippen LogP contribution in [0.5, 0.6) is 0 Å². The first-order valence-corrected chi connectivity index (χ1v) is 12.6. The van der Waals surface area contributed by atoms with E-state index < -0.39 is 4.92 Å². The van der Waals surface area contributed by atoms with Crippen LogP contribution in [0, 0.1) is 10.1 Å². The lowest BCUT2D eigenvalue weighted by Crippen LogP contribution is -2.37. The van der Waals surface area contributed by atoms with Crippen LogP contribution in [0.4, 0.5) is 5.69 Å². The Morgan fingerprint density at radius 1 is 1.09 bits per heavy atom. The fourth-order valence-corrected chi connectivity index (χ4v) is 5.49. The Balaban J connectivity index is 1.24. The molecule has 1 amide bonds. The van der Waals surface area contributed by atoms with Gasteiger partial charge in [0.15, 0.2) is 5.76 Å². The molecule has 2 aromatic heterocycles. The monoisotopic (exact) mass is 527 g/mol. The molecule has 0 radical (unpaired) electrons. The number of halogens is 2. The van der Waals surface area contributed by atoms with Gasteiger partial charge in [-0.3, -0.25) is 14.9 Å². The number of furan rings is 1. The van der Waals surface area contributed by atoms with Gasteiger partial charge in [-0.05, 0) is 43.2 Å². The van der Waals surface area contributed by atoms with Gasteiger partial charge in [0.05, 0.1) is 31.2 Å². The summed E-state index contributed by atoms with van der Waals surface area (Å²) in [5, 5.41) is 15.4. The molecule has 0 unspecified atom stereocenters. The van der Waals surface area contributed by atoms with Crippen LogP contribution in [-0.4, -0.2) is 33.8 Å². The molecule has 1 saturated heterocycles. The van der Waals surface area contributed by atoms with Gasteiger partial charge in [0.1, 0.15) is 5.76 Å². The van der Waals surface area contributed by atoms with Crippen molar-refractivity contribution in [2.45, 2.75) is 18.8 Å². The highest BCUT2D eigenvalue weighted by atomic mass is 35.5. The first kappa shape index (κ1) is 23.5. The van der Waals surface area contributed by atoms with Crippen molar-refractivity contribution in [3.05, 3.63) is 90.9 Å². The summed E-state index contributed by atoms with van der Waals surface area (Å²) in [6, 6.07) is 15.0. The summed E-state index contributed by atoms with van der Waals surface area (Å²) in [4.78, 5) is 30.4. The third-order valence-electron chi connectivity index (χ3n) is 6.05. The lowest BCUT2D eigenvalue weighted by atomic mass is 9.97. The van der Waals surface area contributed by atoms with E-state index in [1.54, 1.807) is 52.6 Å². The van der Waals surface area contributed by atoms with Crippen molar-refractivity contribution < 1.29 is 14.1 Å². The van der Waals surface area contributed by atoms with E-state index in [0.717, 1.165) is 29.1 Å². The standard InChI is InChI=1S/C25H19Cl2N3O4S/c26-18-6-5-16(13-19(18)27)20-14-35-24(28-20)15-9-11-29(12-10-15)25(31)23-8-7-22(34-23)17-3-1-2-4-21(17)30(32)33/h1-8,13-15H,9-12H2.